The summed E-state index contributed by atoms with van der Waals surface area (Å²) in [6.07, 6.45) is 1.62. The van der Waals surface area contributed by atoms with Crippen molar-refractivity contribution in [3.63, 3.8) is 0 Å². The minimum atomic E-state index is -0.0223. The van der Waals surface area contributed by atoms with Gasteiger partial charge in [0.1, 0.15) is 29.9 Å². The van der Waals surface area contributed by atoms with Crippen LogP contribution in [-0.4, -0.2) is 28.2 Å². The van der Waals surface area contributed by atoms with Crippen LogP contribution in [0.2, 0.25) is 5.15 Å². The number of aryl methyl sites for hydroxylation is 1. The Morgan fingerprint density at radius 2 is 2.04 bits per heavy atom. The molecule has 1 atom stereocenters. The standard InChI is InChI=1S/C18H17ClN4O2/c1-10-4-3-5-12-11(2)21-17-13-8-15(19)20-9-14(13)22-18(23-17)25-7-6-24-16(10)12/h3-5,8-9,11H,6-7H2,1-2H3,(H,21,22,23). The predicted octanol–water partition coefficient (Wildman–Crippen LogP) is 3.93. The number of nitrogens with one attached hydrogen (secondary N) is 1. The average molecular weight is 357 g/mol. The molecule has 2 bridgehead atoms. The lowest BCUT2D eigenvalue weighted by molar-refractivity contribution is 0.205. The Morgan fingerprint density at radius 3 is 2.92 bits per heavy atom. The molecule has 1 N–H and O–H groups in total. The van der Waals surface area contributed by atoms with Crippen molar-refractivity contribution >= 4 is 28.3 Å². The normalized spacial score (nSPS) is 16.8. The van der Waals surface area contributed by atoms with Gasteiger partial charge in [-0.2, -0.15) is 9.97 Å². The number of fused-ring (bicyclic) bond motifs is 5. The largest absolute Gasteiger partial charge is 0.489 e. The van der Waals surface area contributed by atoms with Crippen molar-refractivity contribution in [3.8, 4) is 11.8 Å². The second kappa shape index (κ2) is 6.37. The highest BCUT2D eigenvalue weighted by atomic mass is 35.5. The Labute approximate surface area is 150 Å². The Hall–Kier alpha value is -2.60. The van der Waals surface area contributed by atoms with Gasteiger partial charge in [-0.3, -0.25) is 0 Å². The average Bonchev–Trinajstić information content (AvgIpc) is 2.61. The predicted molar refractivity (Wildman–Crippen MR) is 96.5 cm³/mol. The minimum Gasteiger partial charge on any atom is -0.489 e. The molecule has 1 unspecified atom stereocenters. The Balaban J connectivity index is 1.86. The molecule has 0 amide bonds. The summed E-state index contributed by atoms with van der Waals surface area (Å²) in [4.78, 5) is 13.0. The Morgan fingerprint density at radius 1 is 1.20 bits per heavy atom. The third kappa shape index (κ3) is 3.05. The lowest BCUT2D eigenvalue weighted by atomic mass is 10.0. The number of anilines is 1. The molecule has 1 aliphatic heterocycles. The highest BCUT2D eigenvalue weighted by molar-refractivity contribution is 6.30. The third-order valence-electron chi connectivity index (χ3n) is 4.15. The Kier molecular flexibility index (Phi) is 4.05. The van der Waals surface area contributed by atoms with Gasteiger partial charge in [-0.1, -0.05) is 29.8 Å². The maximum absolute atomic E-state index is 6.06. The van der Waals surface area contributed by atoms with Crippen LogP contribution in [0.1, 0.15) is 24.1 Å². The molecule has 3 aromatic rings. The molecule has 4 rings (SSSR count). The number of hydrogen-bond donors (Lipinski definition) is 1. The van der Waals surface area contributed by atoms with Crippen LogP contribution in [0, 0.1) is 6.92 Å². The van der Waals surface area contributed by atoms with Crippen molar-refractivity contribution < 1.29 is 9.47 Å². The number of nitrogens with zero attached hydrogens (tertiary/aromatic N) is 3. The monoisotopic (exact) mass is 356 g/mol. The van der Waals surface area contributed by atoms with E-state index in [0.29, 0.717) is 29.7 Å². The van der Waals surface area contributed by atoms with Crippen LogP contribution in [0.5, 0.6) is 11.8 Å². The number of rotatable bonds is 0. The van der Waals surface area contributed by atoms with Crippen LogP contribution in [0.3, 0.4) is 0 Å². The molecule has 128 valence electrons. The molecular weight excluding hydrogens is 340 g/mol. The first kappa shape index (κ1) is 15.9. The van der Waals surface area contributed by atoms with E-state index >= 15 is 0 Å². The van der Waals surface area contributed by atoms with E-state index in [9.17, 15) is 0 Å². The van der Waals surface area contributed by atoms with Gasteiger partial charge >= 0.3 is 6.01 Å². The van der Waals surface area contributed by atoms with Crippen LogP contribution in [0.25, 0.3) is 10.9 Å². The molecule has 1 aliphatic rings. The molecule has 1 aromatic carbocycles. The zero-order valence-corrected chi connectivity index (χ0v) is 14.7. The molecule has 7 heteroatoms. The van der Waals surface area contributed by atoms with E-state index in [1.165, 1.54) is 0 Å². The summed E-state index contributed by atoms with van der Waals surface area (Å²) in [6.45, 7) is 4.87. The van der Waals surface area contributed by atoms with Crippen molar-refractivity contribution in [1.82, 2.24) is 15.0 Å². The van der Waals surface area contributed by atoms with Gasteiger partial charge in [-0.25, -0.2) is 4.98 Å². The maximum atomic E-state index is 6.06. The minimum absolute atomic E-state index is 0.0223. The summed E-state index contributed by atoms with van der Waals surface area (Å²) in [5, 5.41) is 4.63. The lowest BCUT2D eigenvalue weighted by Crippen LogP contribution is -2.12. The second-order valence-corrected chi connectivity index (χ2v) is 6.32. The van der Waals surface area contributed by atoms with Crippen LogP contribution >= 0.6 is 11.6 Å². The molecular formula is C18H17ClN4O2. The first-order chi connectivity index (χ1) is 12.1. The number of para-hydroxylation sites is 1. The highest BCUT2D eigenvalue weighted by Gasteiger charge is 2.18. The zero-order chi connectivity index (χ0) is 17.4. The van der Waals surface area contributed by atoms with E-state index in [1.807, 2.05) is 19.1 Å². The zero-order valence-electron chi connectivity index (χ0n) is 13.9. The highest BCUT2D eigenvalue weighted by Crippen LogP contribution is 2.33. The molecule has 0 radical (unpaired) electrons. The smallest absolute Gasteiger partial charge is 0.319 e. The Bertz CT molecular complexity index is 948. The summed E-state index contributed by atoms with van der Waals surface area (Å²) in [5.74, 6) is 1.53. The van der Waals surface area contributed by atoms with E-state index in [2.05, 4.69) is 33.3 Å². The molecule has 0 spiro atoms. The summed E-state index contributed by atoms with van der Waals surface area (Å²) in [5.41, 5.74) is 2.82. The van der Waals surface area contributed by atoms with Gasteiger partial charge in [0.2, 0.25) is 0 Å². The van der Waals surface area contributed by atoms with Gasteiger partial charge < -0.3 is 14.8 Å². The van der Waals surface area contributed by atoms with Gasteiger partial charge in [-0.05, 0) is 25.5 Å². The third-order valence-corrected chi connectivity index (χ3v) is 4.36. The number of pyridine rings is 1. The first-order valence-corrected chi connectivity index (χ1v) is 8.44. The van der Waals surface area contributed by atoms with Gasteiger partial charge in [-0.15, -0.1) is 0 Å². The molecule has 0 saturated carbocycles. The number of benzene rings is 1. The van der Waals surface area contributed by atoms with Gasteiger partial charge in [0, 0.05) is 10.9 Å². The molecule has 3 heterocycles. The van der Waals surface area contributed by atoms with Crippen molar-refractivity contribution in [2.24, 2.45) is 0 Å². The van der Waals surface area contributed by atoms with Gasteiger partial charge in [0.05, 0.1) is 17.8 Å². The topological polar surface area (TPSA) is 69.2 Å². The number of aromatic nitrogens is 3. The lowest BCUT2D eigenvalue weighted by Gasteiger charge is -2.20. The van der Waals surface area contributed by atoms with E-state index in [4.69, 9.17) is 21.1 Å². The SMILES string of the molecule is Cc1cccc2c1OCCOc1nc(c3cc(Cl)ncc3n1)NC2C. The van der Waals surface area contributed by atoms with Crippen molar-refractivity contribution in [2.75, 3.05) is 18.5 Å². The molecule has 6 nitrogen and oxygen atoms in total. The van der Waals surface area contributed by atoms with E-state index in [1.54, 1.807) is 12.3 Å². The van der Waals surface area contributed by atoms with Crippen LogP contribution in [0.4, 0.5) is 5.82 Å². The fourth-order valence-corrected chi connectivity index (χ4v) is 3.09. The van der Waals surface area contributed by atoms with Crippen molar-refractivity contribution in [1.29, 1.82) is 0 Å². The van der Waals surface area contributed by atoms with E-state index in [0.717, 1.165) is 22.3 Å². The fraction of sp³-hybridized carbons (Fsp3) is 0.278. The first-order valence-electron chi connectivity index (χ1n) is 8.07. The molecule has 0 saturated heterocycles. The summed E-state index contributed by atoms with van der Waals surface area (Å²) < 4.78 is 11.6. The van der Waals surface area contributed by atoms with Crippen molar-refractivity contribution in [3.05, 3.63) is 46.7 Å². The van der Waals surface area contributed by atoms with E-state index in [-0.39, 0.29) is 12.1 Å². The maximum Gasteiger partial charge on any atom is 0.319 e. The summed E-state index contributed by atoms with van der Waals surface area (Å²) >= 11 is 6.06. The molecule has 0 fully saturated rings. The summed E-state index contributed by atoms with van der Waals surface area (Å²) in [7, 11) is 0. The fourth-order valence-electron chi connectivity index (χ4n) is 2.93. The van der Waals surface area contributed by atoms with Gasteiger partial charge in [0.25, 0.3) is 0 Å². The second-order valence-electron chi connectivity index (χ2n) is 5.94. The van der Waals surface area contributed by atoms with Crippen LogP contribution in [0.15, 0.2) is 30.5 Å². The van der Waals surface area contributed by atoms with Gasteiger partial charge in [0.15, 0.2) is 0 Å². The number of hydrogen-bond acceptors (Lipinski definition) is 6. The molecule has 0 aliphatic carbocycles. The summed E-state index contributed by atoms with van der Waals surface area (Å²) in [6, 6.07) is 8.13. The molecule has 2 aromatic heterocycles. The van der Waals surface area contributed by atoms with Crippen molar-refractivity contribution in [2.45, 2.75) is 19.9 Å². The van der Waals surface area contributed by atoms with Crippen LogP contribution in [-0.2, 0) is 0 Å². The number of halogens is 1. The van der Waals surface area contributed by atoms with E-state index < -0.39 is 0 Å². The molecule has 25 heavy (non-hydrogen) atoms. The van der Waals surface area contributed by atoms with Crippen LogP contribution < -0.4 is 14.8 Å². The quantitative estimate of drug-likeness (QED) is 0.615. The number of ether oxygens (including phenoxy) is 2.